The molecular formula is C6H15N6O7P. The van der Waals surface area contributed by atoms with Crippen molar-refractivity contribution in [3.63, 3.8) is 0 Å². The summed E-state index contributed by atoms with van der Waals surface area (Å²) in [6.45, 7) is 0. The standard InChI is InChI=1S/C6H15N6O7P/c1-17-7-4(13)10-20(16,11-5(14)8-18-2)12-6(15)9-19-3/h1-3H3,(H6,7,8,9,10,11,12,13,14,15,16). The SMILES string of the molecule is CONC(=O)NP(=O)(NC(=O)NOC)NC(=O)NOC. The Kier molecular flexibility index (Phi) is 8.00. The van der Waals surface area contributed by atoms with Gasteiger partial charge in [0.25, 0.3) is 0 Å². The first-order chi connectivity index (χ1) is 9.36. The molecule has 0 saturated carbocycles. The van der Waals surface area contributed by atoms with E-state index in [1.807, 2.05) is 0 Å². The third-order valence-corrected chi connectivity index (χ3v) is 2.92. The zero-order valence-electron chi connectivity index (χ0n) is 10.8. The first-order valence-corrected chi connectivity index (χ1v) is 6.51. The molecule has 116 valence electrons. The minimum Gasteiger partial charge on any atom is -0.276 e. The summed E-state index contributed by atoms with van der Waals surface area (Å²) in [6, 6.07) is -3.23. The predicted octanol–water partition coefficient (Wildman–Crippen LogP) is -1.32. The number of carbonyl (C=O) groups excluding carboxylic acids is 3. The van der Waals surface area contributed by atoms with Gasteiger partial charge in [0.1, 0.15) is 0 Å². The van der Waals surface area contributed by atoms with Crippen molar-refractivity contribution in [2.24, 2.45) is 0 Å². The molecule has 0 radical (unpaired) electrons. The molecule has 0 bridgehead atoms. The Labute approximate surface area is 113 Å². The lowest BCUT2D eigenvalue weighted by Crippen LogP contribution is -2.48. The Hall–Kier alpha value is -2.08. The van der Waals surface area contributed by atoms with Crippen molar-refractivity contribution >= 4 is 25.7 Å². The lowest BCUT2D eigenvalue weighted by Gasteiger charge is -2.20. The van der Waals surface area contributed by atoms with Crippen LogP contribution < -0.4 is 31.7 Å². The van der Waals surface area contributed by atoms with Crippen LogP contribution in [0.3, 0.4) is 0 Å². The summed E-state index contributed by atoms with van der Waals surface area (Å²) in [7, 11) is -0.826. The second kappa shape index (κ2) is 8.92. The first kappa shape index (κ1) is 17.9. The average Bonchev–Trinajstić information content (AvgIpc) is 2.28. The summed E-state index contributed by atoms with van der Waals surface area (Å²) in [5.74, 6) is 0. The van der Waals surface area contributed by atoms with E-state index < -0.39 is 25.7 Å². The van der Waals surface area contributed by atoms with Gasteiger partial charge in [0, 0.05) is 0 Å². The van der Waals surface area contributed by atoms with Crippen LogP contribution in [-0.2, 0) is 19.1 Å². The van der Waals surface area contributed by atoms with E-state index in [9.17, 15) is 18.9 Å². The van der Waals surface area contributed by atoms with E-state index >= 15 is 0 Å². The van der Waals surface area contributed by atoms with Crippen LogP contribution in [0.4, 0.5) is 14.4 Å². The van der Waals surface area contributed by atoms with E-state index in [0.717, 1.165) is 21.3 Å². The van der Waals surface area contributed by atoms with E-state index in [4.69, 9.17) is 0 Å². The molecule has 6 amide bonds. The molecule has 0 aliphatic rings. The Morgan fingerprint density at radius 2 is 0.950 bits per heavy atom. The van der Waals surface area contributed by atoms with Gasteiger partial charge in [-0.1, -0.05) is 0 Å². The molecule has 0 rings (SSSR count). The molecule has 0 aliphatic heterocycles. The van der Waals surface area contributed by atoms with E-state index in [2.05, 4.69) is 14.5 Å². The topological polar surface area (TPSA) is 168 Å². The maximum Gasteiger partial charge on any atom is 0.363 e. The summed E-state index contributed by atoms with van der Waals surface area (Å²) < 4.78 is 12.2. The molecular weight excluding hydrogens is 299 g/mol. The Bertz CT molecular complexity index is 346. The molecule has 0 aliphatic carbocycles. The molecule has 0 heterocycles. The van der Waals surface area contributed by atoms with Gasteiger partial charge in [0.2, 0.25) is 0 Å². The van der Waals surface area contributed by atoms with Crippen LogP contribution in [0.15, 0.2) is 0 Å². The quantitative estimate of drug-likeness (QED) is 0.261. The van der Waals surface area contributed by atoms with Crippen LogP contribution in [0.2, 0.25) is 0 Å². The predicted molar refractivity (Wildman–Crippen MR) is 63.6 cm³/mol. The molecule has 13 nitrogen and oxygen atoms in total. The Morgan fingerprint density at radius 1 is 0.700 bits per heavy atom. The van der Waals surface area contributed by atoms with Crippen molar-refractivity contribution < 1.29 is 33.5 Å². The lowest BCUT2D eigenvalue weighted by molar-refractivity contribution is 0.107. The fraction of sp³-hybridized carbons (Fsp3) is 0.500. The molecule has 0 fully saturated rings. The number of nitrogens with one attached hydrogen (secondary N) is 6. The number of carbonyl (C=O) groups is 3. The zero-order chi connectivity index (χ0) is 15.6. The van der Waals surface area contributed by atoms with Crippen LogP contribution in [0.1, 0.15) is 0 Å². The summed E-state index contributed by atoms with van der Waals surface area (Å²) in [6.07, 6.45) is 0. The highest BCUT2D eigenvalue weighted by Crippen LogP contribution is 2.29. The molecule has 6 N–H and O–H groups in total. The zero-order valence-corrected chi connectivity index (χ0v) is 11.7. The van der Waals surface area contributed by atoms with Gasteiger partial charge >= 0.3 is 25.7 Å². The van der Waals surface area contributed by atoms with Crippen molar-refractivity contribution in [2.75, 3.05) is 21.3 Å². The number of hydrogen-bond acceptors (Lipinski definition) is 7. The minimum atomic E-state index is -4.20. The molecule has 0 aromatic heterocycles. The van der Waals surface area contributed by atoms with Crippen molar-refractivity contribution in [1.29, 1.82) is 0 Å². The molecule has 0 atom stereocenters. The second-order valence-corrected chi connectivity index (χ2v) is 4.74. The lowest BCUT2D eigenvalue weighted by atomic mass is 11.2. The molecule has 0 spiro atoms. The van der Waals surface area contributed by atoms with Crippen molar-refractivity contribution in [3.8, 4) is 0 Å². The van der Waals surface area contributed by atoms with Gasteiger partial charge in [0.05, 0.1) is 21.3 Å². The first-order valence-electron chi connectivity index (χ1n) is 4.80. The third kappa shape index (κ3) is 7.38. The van der Waals surface area contributed by atoms with Gasteiger partial charge in [0.15, 0.2) is 0 Å². The normalized spacial score (nSPS) is 10.2. The van der Waals surface area contributed by atoms with Crippen molar-refractivity contribution in [2.45, 2.75) is 0 Å². The van der Waals surface area contributed by atoms with Gasteiger partial charge in [-0.2, -0.15) is 0 Å². The number of hydrogen-bond donors (Lipinski definition) is 6. The molecule has 20 heavy (non-hydrogen) atoms. The van der Waals surface area contributed by atoms with Gasteiger partial charge in [-0.15, -0.1) is 0 Å². The highest BCUT2D eigenvalue weighted by molar-refractivity contribution is 7.59. The smallest absolute Gasteiger partial charge is 0.276 e. The summed E-state index contributed by atoms with van der Waals surface area (Å²) >= 11 is 0. The fourth-order valence-corrected chi connectivity index (χ4v) is 2.02. The molecule has 0 aromatic carbocycles. The van der Waals surface area contributed by atoms with Crippen LogP contribution >= 0.6 is 7.59 Å². The number of urea groups is 3. The van der Waals surface area contributed by atoms with Gasteiger partial charge < -0.3 is 0 Å². The highest BCUT2D eigenvalue weighted by atomic mass is 31.2. The number of hydroxylamine groups is 3. The van der Waals surface area contributed by atoms with E-state index in [0.29, 0.717) is 0 Å². The average molecular weight is 314 g/mol. The van der Waals surface area contributed by atoms with Crippen LogP contribution in [0.25, 0.3) is 0 Å². The maximum absolute atomic E-state index is 12.2. The van der Waals surface area contributed by atoms with Crippen molar-refractivity contribution in [3.05, 3.63) is 0 Å². The fourth-order valence-electron chi connectivity index (χ4n) is 0.859. The van der Waals surface area contributed by atoms with Crippen LogP contribution in [0, 0.1) is 0 Å². The second-order valence-electron chi connectivity index (χ2n) is 2.85. The van der Waals surface area contributed by atoms with Gasteiger partial charge in [-0.3, -0.25) is 29.8 Å². The summed E-state index contributed by atoms with van der Waals surface area (Å²) in [5, 5.41) is 5.40. The van der Waals surface area contributed by atoms with Crippen LogP contribution in [0.5, 0.6) is 0 Å². The van der Waals surface area contributed by atoms with E-state index in [1.165, 1.54) is 0 Å². The highest BCUT2D eigenvalue weighted by Gasteiger charge is 2.29. The monoisotopic (exact) mass is 314 g/mol. The molecule has 0 saturated heterocycles. The summed E-state index contributed by atoms with van der Waals surface area (Å²) in [5.41, 5.74) is 5.35. The number of rotatable bonds is 6. The van der Waals surface area contributed by atoms with E-state index in [1.54, 1.807) is 31.7 Å². The largest absolute Gasteiger partial charge is 0.363 e. The minimum absolute atomic E-state index is 1.08. The maximum atomic E-state index is 12.2. The Morgan fingerprint density at radius 3 is 1.15 bits per heavy atom. The molecule has 14 heteroatoms. The van der Waals surface area contributed by atoms with Gasteiger partial charge in [-0.05, 0) is 0 Å². The van der Waals surface area contributed by atoms with E-state index in [-0.39, 0.29) is 0 Å². The third-order valence-electron chi connectivity index (χ3n) is 1.36. The van der Waals surface area contributed by atoms with Gasteiger partial charge in [-0.25, -0.2) is 35.4 Å². The molecule has 0 unspecified atom stereocenters. The number of amides is 6. The van der Waals surface area contributed by atoms with Crippen LogP contribution in [-0.4, -0.2) is 39.4 Å². The molecule has 0 aromatic rings. The Balaban J connectivity index is 4.83. The van der Waals surface area contributed by atoms with Crippen molar-refractivity contribution in [1.82, 2.24) is 31.7 Å². The summed E-state index contributed by atoms with van der Waals surface area (Å²) in [4.78, 5) is 46.4.